The third kappa shape index (κ3) is 4.45. The lowest BCUT2D eigenvalue weighted by Crippen LogP contribution is -2.40. The van der Waals surface area contributed by atoms with Gasteiger partial charge in [-0.05, 0) is 37.6 Å². The monoisotopic (exact) mass is 325 g/mol. The Morgan fingerprint density at radius 3 is 2.50 bits per heavy atom. The second-order valence-corrected chi connectivity index (χ2v) is 7.30. The number of hydrogen-bond donors (Lipinski definition) is 2. The fraction of sp³-hybridized carbons (Fsp3) is 0.533. The maximum absolute atomic E-state index is 12.1. The van der Waals surface area contributed by atoms with Crippen molar-refractivity contribution in [3.8, 4) is 0 Å². The molecule has 2 N–H and O–H groups in total. The first-order valence-electron chi connectivity index (χ1n) is 7.58. The molecule has 0 spiro atoms. The highest BCUT2D eigenvalue weighted by atomic mass is 32.2. The van der Waals surface area contributed by atoms with Crippen molar-refractivity contribution in [1.82, 2.24) is 14.9 Å². The van der Waals surface area contributed by atoms with Gasteiger partial charge in [-0.15, -0.1) is 0 Å². The van der Waals surface area contributed by atoms with Gasteiger partial charge in [-0.25, -0.2) is 17.9 Å². The molecule has 2 amide bonds. The van der Waals surface area contributed by atoms with Gasteiger partial charge in [-0.1, -0.05) is 25.0 Å². The molecule has 0 atom stereocenters. The summed E-state index contributed by atoms with van der Waals surface area (Å²) >= 11 is 0. The average molecular weight is 325 g/mol. The molecule has 1 saturated heterocycles. The van der Waals surface area contributed by atoms with E-state index in [1.54, 1.807) is 18.2 Å². The van der Waals surface area contributed by atoms with Crippen LogP contribution in [0.3, 0.4) is 0 Å². The van der Waals surface area contributed by atoms with Crippen LogP contribution in [0.25, 0.3) is 0 Å². The van der Waals surface area contributed by atoms with Crippen LogP contribution in [0, 0.1) is 0 Å². The maximum atomic E-state index is 12.1. The Balaban J connectivity index is 1.96. The lowest BCUT2D eigenvalue weighted by molar-refractivity contribution is 0.199. The van der Waals surface area contributed by atoms with Crippen molar-refractivity contribution >= 4 is 16.1 Å². The number of carbonyl (C=O) groups excluding carboxylic acids is 1. The normalized spacial score (nSPS) is 16.1. The van der Waals surface area contributed by atoms with Gasteiger partial charge < -0.3 is 10.2 Å². The SMILES string of the molecule is CNS(=O)(=O)c1cccc(CNC(=O)N2CCCCCC2)c1. The fourth-order valence-corrected chi connectivity index (χ4v) is 3.30. The second-order valence-electron chi connectivity index (χ2n) is 5.41. The van der Waals surface area contributed by atoms with Gasteiger partial charge in [0.05, 0.1) is 4.90 Å². The molecule has 2 rings (SSSR count). The molecule has 1 aliphatic rings. The summed E-state index contributed by atoms with van der Waals surface area (Å²) in [6, 6.07) is 6.51. The number of sulfonamides is 1. The van der Waals surface area contributed by atoms with E-state index in [1.807, 2.05) is 4.90 Å². The Labute approximate surface area is 131 Å². The zero-order chi connectivity index (χ0) is 16.0. The predicted molar refractivity (Wildman–Crippen MR) is 85.0 cm³/mol. The number of nitrogens with zero attached hydrogens (tertiary/aromatic N) is 1. The van der Waals surface area contributed by atoms with E-state index < -0.39 is 10.0 Å². The Hall–Kier alpha value is -1.60. The van der Waals surface area contributed by atoms with Gasteiger partial charge in [0.1, 0.15) is 0 Å². The first-order valence-corrected chi connectivity index (χ1v) is 9.06. The molecule has 1 fully saturated rings. The first kappa shape index (κ1) is 16.8. The van der Waals surface area contributed by atoms with E-state index >= 15 is 0 Å². The van der Waals surface area contributed by atoms with E-state index in [2.05, 4.69) is 10.0 Å². The molecular formula is C15H23N3O3S. The van der Waals surface area contributed by atoms with Crippen molar-refractivity contribution in [3.05, 3.63) is 29.8 Å². The van der Waals surface area contributed by atoms with E-state index in [1.165, 1.54) is 26.0 Å². The van der Waals surface area contributed by atoms with Gasteiger partial charge in [0.2, 0.25) is 10.0 Å². The molecule has 122 valence electrons. The molecule has 0 radical (unpaired) electrons. The van der Waals surface area contributed by atoms with Crippen LogP contribution in [-0.2, 0) is 16.6 Å². The average Bonchev–Trinajstić information content (AvgIpc) is 2.82. The summed E-state index contributed by atoms with van der Waals surface area (Å²) in [4.78, 5) is 14.2. The third-order valence-corrected chi connectivity index (χ3v) is 5.23. The molecule has 0 aliphatic carbocycles. The fourth-order valence-electron chi connectivity index (χ4n) is 2.50. The first-order chi connectivity index (χ1) is 10.5. The highest BCUT2D eigenvalue weighted by Crippen LogP contribution is 2.12. The summed E-state index contributed by atoms with van der Waals surface area (Å²) < 4.78 is 25.8. The van der Waals surface area contributed by atoms with Crippen molar-refractivity contribution in [2.24, 2.45) is 0 Å². The molecule has 0 aromatic heterocycles. The number of urea groups is 1. The standard InChI is InChI=1S/C15H23N3O3S/c1-16-22(20,21)14-8-6-7-13(11-14)12-17-15(19)18-9-4-2-3-5-10-18/h6-8,11,16H,2-5,9-10,12H2,1H3,(H,17,19). The van der Waals surface area contributed by atoms with Gasteiger partial charge in [0.25, 0.3) is 0 Å². The van der Waals surface area contributed by atoms with E-state index in [0.29, 0.717) is 6.54 Å². The van der Waals surface area contributed by atoms with Crippen molar-refractivity contribution in [2.45, 2.75) is 37.1 Å². The lowest BCUT2D eigenvalue weighted by Gasteiger charge is -2.20. The Morgan fingerprint density at radius 1 is 1.18 bits per heavy atom. The molecule has 6 nitrogen and oxygen atoms in total. The molecule has 1 heterocycles. The molecule has 0 saturated carbocycles. The van der Waals surface area contributed by atoms with Gasteiger partial charge in [-0.3, -0.25) is 0 Å². The predicted octanol–water partition coefficient (Wildman–Crippen LogP) is 1.68. The zero-order valence-electron chi connectivity index (χ0n) is 12.8. The summed E-state index contributed by atoms with van der Waals surface area (Å²) in [6.07, 6.45) is 4.44. The van der Waals surface area contributed by atoms with Crippen molar-refractivity contribution < 1.29 is 13.2 Å². The van der Waals surface area contributed by atoms with Crippen molar-refractivity contribution in [2.75, 3.05) is 20.1 Å². The van der Waals surface area contributed by atoms with Crippen molar-refractivity contribution in [1.29, 1.82) is 0 Å². The third-order valence-electron chi connectivity index (χ3n) is 3.81. The number of rotatable bonds is 4. The number of benzene rings is 1. The Morgan fingerprint density at radius 2 is 1.86 bits per heavy atom. The van der Waals surface area contributed by atoms with Crippen molar-refractivity contribution in [3.63, 3.8) is 0 Å². The highest BCUT2D eigenvalue weighted by Gasteiger charge is 2.15. The topological polar surface area (TPSA) is 78.5 Å². The molecule has 1 aromatic carbocycles. The molecule has 7 heteroatoms. The molecule has 1 aromatic rings. The summed E-state index contributed by atoms with van der Waals surface area (Å²) in [5.74, 6) is 0. The molecule has 0 unspecified atom stereocenters. The number of carbonyl (C=O) groups is 1. The second kappa shape index (κ2) is 7.60. The van der Waals surface area contributed by atoms with Gasteiger partial charge in [0, 0.05) is 19.6 Å². The summed E-state index contributed by atoms with van der Waals surface area (Å²) in [7, 11) is -2.08. The van der Waals surface area contributed by atoms with Crippen LogP contribution in [0.1, 0.15) is 31.2 Å². The van der Waals surface area contributed by atoms with E-state index in [9.17, 15) is 13.2 Å². The Kier molecular flexibility index (Phi) is 5.79. The van der Waals surface area contributed by atoms with E-state index in [-0.39, 0.29) is 10.9 Å². The van der Waals surface area contributed by atoms with E-state index in [0.717, 1.165) is 31.5 Å². The minimum Gasteiger partial charge on any atom is -0.334 e. The molecule has 1 aliphatic heterocycles. The van der Waals surface area contributed by atoms with Crippen LogP contribution >= 0.6 is 0 Å². The van der Waals surface area contributed by atoms with Crippen LogP contribution in [0.4, 0.5) is 4.79 Å². The molecule has 22 heavy (non-hydrogen) atoms. The maximum Gasteiger partial charge on any atom is 0.317 e. The van der Waals surface area contributed by atoms with Crippen LogP contribution in [-0.4, -0.2) is 39.5 Å². The number of likely N-dealkylation sites (tertiary alicyclic amines) is 1. The largest absolute Gasteiger partial charge is 0.334 e. The highest BCUT2D eigenvalue weighted by molar-refractivity contribution is 7.89. The molecule has 0 bridgehead atoms. The van der Waals surface area contributed by atoms with Gasteiger partial charge in [0.15, 0.2) is 0 Å². The zero-order valence-corrected chi connectivity index (χ0v) is 13.7. The van der Waals surface area contributed by atoms with Crippen LogP contribution in [0.2, 0.25) is 0 Å². The van der Waals surface area contributed by atoms with Crippen LogP contribution in [0.15, 0.2) is 29.2 Å². The smallest absolute Gasteiger partial charge is 0.317 e. The summed E-state index contributed by atoms with van der Waals surface area (Å²) in [6.45, 7) is 1.91. The van der Waals surface area contributed by atoms with Crippen LogP contribution < -0.4 is 10.0 Å². The Bertz CT molecular complexity index is 608. The minimum atomic E-state index is -3.46. The van der Waals surface area contributed by atoms with E-state index in [4.69, 9.17) is 0 Å². The summed E-state index contributed by atoms with van der Waals surface area (Å²) in [5.41, 5.74) is 0.763. The number of amides is 2. The van der Waals surface area contributed by atoms with Gasteiger partial charge >= 0.3 is 6.03 Å². The summed E-state index contributed by atoms with van der Waals surface area (Å²) in [5, 5.41) is 2.86. The quantitative estimate of drug-likeness (QED) is 0.884. The number of hydrogen-bond acceptors (Lipinski definition) is 3. The minimum absolute atomic E-state index is 0.0798. The molecular weight excluding hydrogens is 302 g/mol. The van der Waals surface area contributed by atoms with Gasteiger partial charge in [-0.2, -0.15) is 0 Å². The van der Waals surface area contributed by atoms with Crippen LogP contribution in [0.5, 0.6) is 0 Å². The number of nitrogens with one attached hydrogen (secondary N) is 2. The lowest BCUT2D eigenvalue weighted by atomic mass is 10.2.